The van der Waals surface area contributed by atoms with Gasteiger partial charge < -0.3 is 9.47 Å². The first-order chi connectivity index (χ1) is 8.20. The van der Waals surface area contributed by atoms with Gasteiger partial charge in [-0.3, -0.25) is 9.59 Å². The van der Waals surface area contributed by atoms with Crippen LogP contribution in [0.2, 0.25) is 0 Å². The minimum absolute atomic E-state index is 0.204. The molecule has 0 spiro atoms. The van der Waals surface area contributed by atoms with Crippen LogP contribution in [0.4, 0.5) is 9.15 Å². The second-order valence-corrected chi connectivity index (χ2v) is 2.52. The van der Waals surface area contributed by atoms with Crippen molar-refractivity contribution in [3.63, 3.8) is 0 Å². The van der Waals surface area contributed by atoms with E-state index in [1.807, 2.05) is 0 Å². The molecule has 98 valence electrons. The number of rotatable bonds is 6. The van der Waals surface area contributed by atoms with E-state index in [4.69, 9.17) is 9.15 Å². The van der Waals surface area contributed by atoms with Gasteiger partial charge in [-0.25, -0.2) is 9.98 Å². The zero-order valence-corrected chi connectivity index (χ0v) is 9.61. The Morgan fingerprint density at radius 2 is 1.35 bits per heavy atom. The monoisotopic (exact) mass is 252 g/mol. The molecule has 0 aromatic heterocycles. The highest BCUT2D eigenvalue weighted by atomic mass is 20.0. The topological polar surface area (TPSA) is 77.3 Å². The van der Waals surface area contributed by atoms with Gasteiger partial charge in [-0.05, 0) is 0 Å². The smallest absolute Gasteiger partial charge is 0.307 e. The molecule has 0 rings (SSSR count). The number of halogens is 2. The molecule has 0 aliphatic carbocycles. The van der Waals surface area contributed by atoms with Gasteiger partial charge in [0, 0.05) is 9.15 Å². The lowest BCUT2D eigenvalue weighted by Crippen LogP contribution is -2.02. The van der Waals surface area contributed by atoms with Crippen LogP contribution in [0.3, 0.4) is 0 Å². The number of nitrogens with zero attached hydrogens (tertiary/aromatic N) is 2. The van der Waals surface area contributed by atoms with Gasteiger partial charge in [0.15, 0.2) is 0 Å². The van der Waals surface area contributed by atoms with E-state index < -0.39 is 0 Å². The summed E-state index contributed by atoms with van der Waals surface area (Å²) in [5.41, 5.74) is 0. The van der Waals surface area contributed by atoms with E-state index in [-0.39, 0.29) is 37.9 Å². The average molecular weight is 252 g/mol. The third-order valence-electron chi connectivity index (χ3n) is 1.45. The van der Waals surface area contributed by atoms with Crippen molar-refractivity contribution in [3.05, 3.63) is 0 Å². The van der Waals surface area contributed by atoms with Crippen molar-refractivity contribution in [2.24, 2.45) is 9.98 Å². The van der Waals surface area contributed by atoms with Gasteiger partial charge in [0.2, 0.25) is 0 Å². The maximum absolute atomic E-state index is 10.6. The van der Waals surface area contributed by atoms with E-state index in [1.165, 1.54) is 14.2 Å². The average Bonchev–Trinajstić information content (AvgIpc) is 2.39. The normalized spacial score (nSPS) is 8.00. The van der Waals surface area contributed by atoms with Gasteiger partial charge in [0.1, 0.15) is 0 Å². The van der Waals surface area contributed by atoms with Crippen LogP contribution in [0.15, 0.2) is 9.98 Å². The molecule has 0 bridgehead atoms. The highest BCUT2D eigenvalue weighted by Crippen LogP contribution is 1.85. The molecule has 0 aromatic rings. The summed E-state index contributed by atoms with van der Waals surface area (Å²) >= 11 is 0. The van der Waals surface area contributed by atoms with Crippen LogP contribution in [0.5, 0.6) is 0 Å². The number of hydrogen-bond donors (Lipinski definition) is 0. The molecule has 0 radical (unpaired) electrons. The maximum atomic E-state index is 10.6. The largest absolute Gasteiger partial charge is 0.469 e. The van der Waals surface area contributed by atoms with Crippen molar-refractivity contribution in [2.75, 3.05) is 27.3 Å². The van der Waals surface area contributed by atoms with Gasteiger partial charge in [0.25, 0.3) is 0 Å². The van der Waals surface area contributed by atoms with Gasteiger partial charge in [-0.2, -0.15) is 0 Å². The summed E-state index contributed by atoms with van der Waals surface area (Å²) in [6.07, 6.45) is 0.409. The Balaban J connectivity index is 0. The first-order valence-corrected chi connectivity index (χ1v) is 4.56. The highest BCUT2D eigenvalue weighted by molar-refractivity contribution is 5.70. The molecular formula is C9H14F2N2O4. The fourth-order valence-electron chi connectivity index (χ4n) is 0.649. The molecule has 0 aliphatic rings. The molecule has 0 aliphatic heterocycles. The van der Waals surface area contributed by atoms with Crippen LogP contribution in [0.1, 0.15) is 12.8 Å². The molecule has 0 amide bonds. The molecule has 0 heterocycles. The lowest BCUT2D eigenvalue weighted by molar-refractivity contribution is -0.141. The summed E-state index contributed by atoms with van der Waals surface area (Å²) in [6.45, 7) is 0.572. The zero-order chi connectivity index (χ0) is 13.5. The molecule has 0 atom stereocenters. The van der Waals surface area contributed by atoms with Gasteiger partial charge >= 0.3 is 11.9 Å². The van der Waals surface area contributed by atoms with E-state index >= 15 is 0 Å². The predicted molar refractivity (Wildman–Crippen MR) is 55.1 cm³/mol. The maximum Gasteiger partial charge on any atom is 0.307 e. The molecule has 8 heteroatoms. The second kappa shape index (κ2) is 14.2. The molecule has 0 unspecified atom stereocenters. The van der Waals surface area contributed by atoms with E-state index in [2.05, 4.69) is 25.5 Å². The summed E-state index contributed by atoms with van der Waals surface area (Å²) in [5, 5.41) is 0. The molecule has 0 saturated carbocycles. The summed E-state index contributed by atoms with van der Waals surface area (Å²) in [7, 11) is 2.63. The van der Waals surface area contributed by atoms with Crippen molar-refractivity contribution in [1.82, 2.24) is 0 Å². The Hall–Kier alpha value is -1.82. The predicted octanol–water partition coefficient (Wildman–Crippen LogP) is 1.13. The Labute approximate surface area is 97.2 Å². The Morgan fingerprint density at radius 3 is 1.65 bits per heavy atom. The van der Waals surface area contributed by atoms with E-state index in [0.717, 1.165) is 0 Å². The Morgan fingerprint density at radius 1 is 1.00 bits per heavy atom. The van der Waals surface area contributed by atoms with E-state index in [1.54, 1.807) is 0 Å². The van der Waals surface area contributed by atoms with Crippen LogP contribution in [-0.2, 0) is 19.1 Å². The fourth-order valence-corrected chi connectivity index (χ4v) is 0.649. The minimum Gasteiger partial charge on any atom is -0.469 e. The van der Waals surface area contributed by atoms with Crippen molar-refractivity contribution < 1.29 is 28.2 Å². The number of carbonyl (C=O) groups is 2. The molecule has 0 fully saturated rings. The van der Waals surface area contributed by atoms with Crippen molar-refractivity contribution >= 4 is 17.9 Å². The minimum atomic E-state index is -0.324. The standard InChI is InChI=1S/C9H14N2O4.F2/c1-14-8(12)3-5-10-7-11-6-4-9(13)15-2;1-2/h3-6H2,1-2H3;. The molecule has 0 N–H and O–H groups in total. The molecule has 17 heavy (non-hydrogen) atoms. The van der Waals surface area contributed by atoms with E-state index in [9.17, 15) is 9.59 Å². The number of carbonyl (C=O) groups excluding carboxylic acids is 2. The first-order valence-electron chi connectivity index (χ1n) is 4.56. The SMILES string of the molecule is COC(=O)CCN=C=NCCC(=O)OC.FF. The molecule has 6 nitrogen and oxygen atoms in total. The van der Waals surface area contributed by atoms with Crippen molar-refractivity contribution in [2.45, 2.75) is 12.8 Å². The number of hydrogen-bond acceptors (Lipinski definition) is 6. The number of methoxy groups -OCH3 is 2. The summed E-state index contributed by atoms with van der Waals surface area (Å²) in [6, 6.07) is 2.38. The van der Waals surface area contributed by atoms with Crippen LogP contribution in [0, 0.1) is 0 Å². The lowest BCUT2D eigenvalue weighted by Gasteiger charge is -1.92. The molecule has 0 aromatic carbocycles. The summed E-state index contributed by atoms with van der Waals surface area (Å²) in [4.78, 5) is 28.7. The molecule has 0 saturated heterocycles. The summed E-state index contributed by atoms with van der Waals surface area (Å²) in [5.74, 6) is -0.648. The third kappa shape index (κ3) is 14.2. The Kier molecular flexibility index (Phi) is 14.7. The number of aliphatic imine (C=N–C) groups is 2. The van der Waals surface area contributed by atoms with Gasteiger partial charge in [-0.15, -0.1) is 0 Å². The van der Waals surface area contributed by atoms with Crippen LogP contribution >= 0.6 is 0 Å². The van der Waals surface area contributed by atoms with Crippen LogP contribution in [-0.4, -0.2) is 45.3 Å². The lowest BCUT2D eigenvalue weighted by atomic mass is 10.4. The number of ether oxygens (including phenoxy) is 2. The highest BCUT2D eigenvalue weighted by Gasteiger charge is 1.97. The van der Waals surface area contributed by atoms with E-state index in [0.29, 0.717) is 0 Å². The first kappa shape index (κ1) is 17.6. The van der Waals surface area contributed by atoms with Crippen molar-refractivity contribution in [1.29, 1.82) is 0 Å². The van der Waals surface area contributed by atoms with Crippen molar-refractivity contribution in [3.8, 4) is 0 Å². The van der Waals surface area contributed by atoms with Crippen LogP contribution in [0.25, 0.3) is 0 Å². The van der Waals surface area contributed by atoms with Crippen LogP contribution < -0.4 is 0 Å². The zero-order valence-electron chi connectivity index (χ0n) is 9.61. The Bertz CT molecular complexity index is 254. The fraction of sp³-hybridized carbons (Fsp3) is 0.667. The molecular weight excluding hydrogens is 238 g/mol. The van der Waals surface area contributed by atoms with Gasteiger partial charge in [0.05, 0.1) is 46.2 Å². The quantitative estimate of drug-likeness (QED) is 0.524. The second-order valence-electron chi connectivity index (χ2n) is 2.52. The van der Waals surface area contributed by atoms with Gasteiger partial charge in [-0.1, -0.05) is 0 Å². The summed E-state index contributed by atoms with van der Waals surface area (Å²) < 4.78 is 24.8. The number of esters is 2. The third-order valence-corrected chi connectivity index (χ3v) is 1.45.